The largest absolute Gasteiger partial charge is 0.466 e. The summed E-state index contributed by atoms with van der Waals surface area (Å²) >= 11 is 6.26. The Balaban J connectivity index is 2.69. The molecule has 1 rings (SSSR count). The minimum Gasteiger partial charge on any atom is -0.466 e. The number of halogens is 1. The molecule has 0 aliphatic heterocycles. The molecule has 2 unspecified atom stereocenters. The van der Waals surface area contributed by atoms with Crippen LogP contribution in [0.15, 0.2) is 12.1 Å². The standard InChI is InChI=1S/C16H24ClNO2/c1-5-20-16(19)7-10(2)6-15(18)13-8-11(3)12(4)9-14(13)17/h8-10,15H,5-7,18H2,1-4H3. The predicted molar refractivity (Wildman–Crippen MR) is 82.9 cm³/mol. The molecule has 0 aliphatic rings. The molecule has 0 aliphatic carbocycles. The van der Waals surface area contributed by atoms with Crippen LogP contribution < -0.4 is 5.73 Å². The quantitative estimate of drug-likeness (QED) is 0.809. The molecule has 1 aromatic carbocycles. The molecule has 20 heavy (non-hydrogen) atoms. The van der Waals surface area contributed by atoms with Gasteiger partial charge in [-0.3, -0.25) is 4.79 Å². The summed E-state index contributed by atoms with van der Waals surface area (Å²) in [4.78, 5) is 11.4. The van der Waals surface area contributed by atoms with Gasteiger partial charge < -0.3 is 10.5 Å². The molecule has 1 aromatic rings. The third kappa shape index (κ3) is 4.80. The third-order valence-corrected chi connectivity index (χ3v) is 3.82. The Morgan fingerprint density at radius 1 is 1.35 bits per heavy atom. The number of nitrogens with two attached hydrogens (primary N) is 1. The van der Waals surface area contributed by atoms with Crippen molar-refractivity contribution in [3.8, 4) is 0 Å². The van der Waals surface area contributed by atoms with Crippen LogP contribution in [-0.4, -0.2) is 12.6 Å². The Morgan fingerprint density at radius 3 is 2.55 bits per heavy atom. The zero-order valence-corrected chi connectivity index (χ0v) is 13.5. The van der Waals surface area contributed by atoms with Gasteiger partial charge in [-0.05, 0) is 55.9 Å². The highest BCUT2D eigenvalue weighted by molar-refractivity contribution is 6.31. The fraction of sp³-hybridized carbons (Fsp3) is 0.562. The lowest BCUT2D eigenvalue weighted by Crippen LogP contribution is -2.17. The van der Waals surface area contributed by atoms with E-state index in [9.17, 15) is 4.79 Å². The summed E-state index contributed by atoms with van der Waals surface area (Å²) in [7, 11) is 0. The van der Waals surface area contributed by atoms with E-state index in [-0.39, 0.29) is 17.9 Å². The molecule has 4 heteroatoms. The maximum Gasteiger partial charge on any atom is 0.306 e. The normalized spacial score (nSPS) is 13.9. The highest BCUT2D eigenvalue weighted by Gasteiger charge is 2.17. The van der Waals surface area contributed by atoms with E-state index in [4.69, 9.17) is 22.1 Å². The highest BCUT2D eigenvalue weighted by atomic mass is 35.5. The number of esters is 1. The molecule has 0 aromatic heterocycles. The van der Waals surface area contributed by atoms with E-state index >= 15 is 0 Å². The van der Waals surface area contributed by atoms with Crippen LogP contribution in [-0.2, 0) is 9.53 Å². The molecule has 0 heterocycles. The topological polar surface area (TPSA) is 52.3 Å². The predicted octanol–water partition coefficient (Wildman–Crippen LogP) is 3.94. The van der Waals surface area contributed by atoms with E-state index in [0.29, 0.717) is 24.5 Å². The van der Waals surface area contributed by atoms with Crippen LogP contribution in [0.5, 0.6) is 0 Å². The molecule has 3 nitrogen and oxygen atoms in total. The SMILES string of the molecule is CCOC(=O)CC(C)CC(N)c1cc(C)c(C)cc1Cl. The fourth-order valence-corrected chi connectivity index (χ4v) is 2.59. The van der Waals surface area contributed by atoms with Gasteiger partial charge in [-0.1, -0.05) is 24.6 Å². The second-order valence-corrected chi connectivity index (χ2v) is 5.82. The molecule has 2 N–H and O–H groups in total. The first-order valence-corrected chi connectivity index (χ1v) is 7.40. The third-order valence-electron chi connectivity index (χ3n) is 3.49. The number of hydrogen-bond acceptors (Lipinski definition) is 3. The second kappa shape index (κ2) is 7.65. The highest BCUT2D eigenvalue weighted by Crippen LogP contribution is 2.29. The van der Waals surface area contributed by atoms with E-state index in [0.717, 1.165) is 11.1 Å². The first kappa shape index (κ1) is 17.0. The molecule has 0 bridgehead atoms. The van der Waals surface area contributed by atoms with Gasteiger partial charge in [-0.25, -0.2) is 0 Å². The van der Waals surface area contributed by atoms with E-state index in [1.54, 1.807) is 0 Å². The minimum absolute atomic E-state index is 0.161. The summed E-state index contributed by atoms with van der Waals surface area (Å²) in [5, 5.41) is 0.698. The van der Waals surface area contributed by atoms with E-state index in [1.165, 1.54) is 5.56 Å². The zero-order chi connectivity index (χ0) is 15.3. The molecular formula is C16H24ClNO2. The lowest BCUT2D eigenvalue weighted by Gasteiger charge is -2.19. The number of carbonyl (C=O) groups is 1. The monoisotopic (exact) mass is 297 g/mol. The Labute approximate surface area is 126 Å². The van der Waals surface area contributed by atoms with Crippen molar-refractivity contribution in [3.63, 3.8) is 0 Å². The van der Waals surface area contributed by atoms with Gasteiger partial charge in [0.05, 0.1) is 6.61 Å². The summed E-state index contributed by atoms with van der Waals surface area (Å²) < 4.78 is 4.95. The van der Waals surface area contributed by atoms with Gasteiger partial charge in [0.1, 0.15) is 0 Å². The maximum absolute atomic E-state index is 11.4. The average Bonchev–Trinajstić information content (AvgIpc) is 2.33. The van der Waals surface area contributed by atoms with Crippen LogP contribution in [0.25, 0.3) is 0 Å². The van der Waals surface area contributed by atoms with Crippen molar-refractivity contribution >= 4 is 17.6 Å². The van der Waals surface area contributed by atoms with Crippen LogP contribution in [0.4, 0.5) is 0 Å². The molecular weight excluding hydrogens is 274 g/mol. The lowest BCUT2D eigenvalue weighted by atomic mass is 9.92. The van der Waals surface area contributed by atoms with Crippen LogP contribution in [0, 0.1) is 19.8 Å². The Hall–Kier alpha value is -1.06. The molecule has 0 amide bonds. The van der Waals surface area contributed by atoms with Crippen LogP contribution >= 0.6 is 11.6 Å². The van der Waals surface area contributed by atoms with Crippen molar-refractivity contribution in [2.75, 3.05) is 6.61 Å². The molecule has 0 saturated carbocycles. The summed E-state index contributed by atoms with van der Waals surface area (Å²) in [5.74, 6) is 0.000101. The van der Waals surface area contributed by atoms with Crippen LogP contribution in [0.2, 0.25) is 5.02 Å². The fourth-order valence-electron chi connectivity index (χ4n) is 2.24. The van der Waals surface area contributed by atoms with E-state index in [2.05, 4.69) is 0 Å². The Bertz CT molecular complexity index is 474. The number of aryl methyl sites for hydroxylation is 2. The van der Waals surface area contributed by atoms with Gasteiger partial charge in [0.25, 0.3) is 0 Å². The average molecular weight is 298 g/mol. The van der Waals surface area contributed by atoms with Crippen LogP contribution in [0.1, 0.15) is 49.4 Å². The summed E-state index contributed by atoms with van der Waals surface area (Å²) in [6.07, 6.45) is 1.10. The van der Waals surface area contributed by atoms with Crippen LogP contribution in [0.3, 0.4) is 0 Å². The van der Waals surface area contributed by atoms with Gasteiger partial charge in [0.15, 0.2) is 0 Å². The molecule has 0 fully saturated rings. The molecule has 2 atom stereocenters. The van der Waals surface area contributed by atoms with Gasteiger partial charge in [-0.2, -0.15) is 0 Å². The summed E-state index contributed by atoms with van der Waals surface area (Å²) in [6.45, 7) is 8.30. The van der Waals surface area contributed by atoms with Gasteiger partial charge >= 0.3 is 5.97 Å². The first-order valence-electron chi connectivity index (χ1n) is 7.03. The Kier molecular flexibility index (Phi) is 6.50. The summed E-state index contributed by atoms with van der Waals surface area (Å²) in [6, 6.07) is 3.83. The lowest BCUT2D eigenvalue weighted by molar-refractivity contribution is -0.144. The minimum atomic E-state index is -0.168. The van der Waals surface area contributed by atoms with Crippen molar-refractivity contribution in [1.29, 1.82) is 0 Å². The van der Waals surface area contributed by atoms with Crippen molar-refractivity contribution in [1.82, 2.24) is 0 Å². The van der Waals surface area contributed by atoms with Crippen molar-refractivity contribution < 1.29 is 9.53 Å². The van der Waals surface area contributed by atoms with Crippen molar-refractivity contribution in [2.24, 2.45) is 11.7 Å². The number of hydrogen-bond donors (Lipinski definition) is 1. The van der Waals surface area contributed by atoms with Crippen molar-refractivity contribution in [3.05, 3.63) is 33.8 Å². The number of benzene rings is 1. The van der Waals surface area contributed by atoms with Gasteiger partial charge in [0.2, 0.25) is 0 Å². The molecule has 112 valence electrons. The first-order chi connectivity index (χ1) is 9.35. The molecule has 0 saturated heterocycles. The molecule has 0 radical (unpaired) electrons. The Morgan fingerprint density at radius 2 is 1.95 bits per heavy atom. The van der Waals surface area contributed by atoms with Gasteiger partial charge in [-0.15, -0.1) is 0 Å². The van der Waals surface area contributed by atoms with Crippen molar-refractivity contribution in [2.45, 2.75) is 46.6 Å². The number of carbonyl (C=O) groups excluding carboxylic acids is 1. The summed E-state index contributed by atoms with van der Waals surface area (Å²) in [5.41, 5.74) is 9.51. The zero-order valence-electron chi connectivity index (χ0n) is 12.7. The second-order valence-electron chi connectivity index (χ2n) is 5.41. The van der Waals surface area contributed by atoms with Gasteiger partial charge in [0, 0.05) is 17.5 Å². The smallest absolute Gasteiger partial charge is 0.306 e. The molecule has 0 spiro atoms. The number of rotatable bonds is 6. The maximum atomic E-state index is 11.4. The van der Waals surface area contributed by atoms with E-state index < -0.39 is 0 Å². The van der Waals surface area contributed by atoms with E-state index in [1.807, 2.05) is 39.8 Å². The number of ether oxygens (including phenoxy) is 1.